The standard InChI is InChI=1S/C20H16ClFN2O2/c1-26-16-8-4-14(5-9-16)19(13-2-6-15(22)7-3-13)24-20(25)17-10-11-23-12-18(17)21/h2-12,19H,1H3,(H,24,25)/t19-/m0/s1. The molecule has 6 heteroatoms. The number of pyridine rings is 1. The lowest BCUT2D eigenvalue weighted by molar-refractivity contribution is 0.0943. The van der Waals surface area contributed by atoms with Gasteiger partial charge in [-0.05, 0) is 41.5 Å². The number of nitrogens with zero attached hydrogens (tertiary/aromatic N) is 1. The largest absolute Gasteiger partial charge is 0.497 e. The molecule has 1 amide bonds. The molecule has 26 heavy (non-hydrogen) atoms. The fraction of sp³-hybridized carbons (Fsp3) is 0.100. The molecular formula is C20H16ClFN2O2. The van der Waals surface area contributed by atoms with E-state index < -0.39 is 6.04 Å². The number of halogens is 2. The van der Waals surface area contributed by atoms with Crippen LogP contribution in [0.3, 0.4) is 0 Å². The predicted molar refractivity (Wildman–Crippen MR) is 98.0 cm³/mol. The minimum Gasteiger partial charge on any atom is -0.497 e. The van der Waals surface area contributed by atoms with Gasteiger partial charge in [0.15, 0.2) is 0 Å². The number of carbonyl (C=O) groups is 1. The SMILES string of the molecule is COc1ccc([C@@H](NC(=O)c2ccncc2Cl)c2ccc(F)cc2)cc1. The van der Waals surface area contributed by atoms with Gasteiger partial charge in [0.05, 0.1) is 23.7 Å². The van der Waals surface area contributed by atoms with Gasteiger partial charge in [-0.2, -0.15) is 0 Å². The van der Waals surface area contributed by atoms with Crippen molar-refractivity contribution in [2.75, 3.05) is 7.11 Å². The second-order valence-electron chi connectivity index (χ2n) is 5.59. The van der Waals surface area contributed by atoms with Gasteiger partial charge in [-0.15, -0.1) is 0 Å². The summed E-state index contributed by atoms with van der Waals surface area (Å²) in [5.74, 6) is 0.0170. The zero-order valence-electron chi connectivity index (χ0n) is 13.9. The molecular weight excluding hydrogens is 355 g/mol. The Morgan fingerprint density at radius 2 is 1.69 bits per heavy atom. The number of nitrogens with one attached hydrogen (secondary N) is 1. The maximum Gasteiger partial charge on any atom is 0.253 e. The van der Waals surface area contributed by atoms with E-state index in [9.17, 15) is 9.18 Å². The van der Waals surface area contributed by atoms with Crippen LogP contribution in [-0.4, -0.2) is 18.0 Å². The van der Waals surface area contributed by atoms with Crippen molar-refractivity contribution < 1.29 is 13.9 Å². The molecule has 0 aliphatic rings. The molecule has 3 rings (SSSR count). The molecule has 2 aromatic carbocycles. The summed E-state index contributed by atoms with van der Waals surface area (Å²) in [4.78, 5) is 16.6. The number of aromatic nitrogens is 1. The van der Waals surface area contributed by atoms with Gasteiger partial charge in [0.25, 0.3) is 5.91 Å². The lowest BCUT2D eigenvalue weighted by atomic mass is 9.98. The van der Waals surface area contributed by atoms with E-state index in [2.05, 4.69) is 10.3 Å². The highest BCUT2D eigenvalue weighted by Crippen LogP contribution is 2.25. The molecule has 0 saturated carbocycles. The Morgan fingerprint density at radius 3 is 2.27 bits per heavy atom. The number of benzene rings is 2. The molecule has 4 nitrogen and oxygen atoms in total. The average molecular weight is 371 g/mol. The molecule has 1 heterocycles. The molecule has 1 aromatic heterocycles. The third kappa shape index (κ3) is 4.00. The summed E-state index contributed by atoms with van der Waals surface area (Å²) in [6, 6.07) is 14.4. The van der Waals surface area contributed by atoms with Crippen LogP contribution < -0.4 is 10.1 Å². The third-order valence-corrected chi connectivity index (χ3v) is 4.25. The monoisotopic (exact) mass is 370 g/mol. The van der Waals surface area contributed by atoms with Gasteiger partial charge < -0.3 is 10.1 Å². The summed E-state index contributed by atoms with van der Waals surface area (Å²) in [5, 5.41) is 3.21. The normalized spacial score (nSPS) is 11.7. The third-order valence-electron chi connectivity index (χ3n) is 3.94. The van der Waals surface area contributed by atoms with Gasteiger partial charge in [-0.25, -0.2) is 4.39 Å². The Labute approximate surface area is 155 Å². The average Bonchev–Trinajstić information content (AvgIpc) is 2.67. The molecule has 0 aliphatic carbocycles. The fourth-order valence-corrected chi connectivity index (χ4v) is 2.78. The first kappa shape index (κ1) is 17.9. The molecule has 0 spiro atoms. The Kier molecular flexibility index (Phi) is 5.49. The van der Waals surface area contributed by atoms with Gasteiger partial charge in [-0.1, -0.05) is 35.9 Å². The van der Waals surface area contributed by atoms with Gasteiger partial charge in [0.1, 0.15) is 11.6 Å². The van der Waals surface area contributed by atoms with Crippen LogP contribution in [0.4, 0.5) is 4.39 Å². The molecule has 1 atom stereocenters. The van der Waals surface area contributed by atoms with Crippen LogP contribution in [0.25, 0.3) is 0 Å². The van der Waals surface area contributed by atoms with Gasteiger partial charge in [-0.3, -0.25) is 9.78 Å². The van der Waals surface area contributed by atoms with Crippen molar-refractivity contribution in [2.24, 2.45) is 0 Å². The molecule has 3 aromatic rings. The van der Waals surface area contributed by atoms with Crippen LogP contribution >= 0.6 is 11.6 Å². The number of amides is 1. The van der Waals surface area contributed by atoms with Gasteiger partial charge >= 0.3 is 0 Å². The maximum absolute atomic E-state index is 13.3. The Bertz CT molecular complexity index is 898. The highest BCUT2D eigenvalue weighted by Gasteiger charge is 2.19. The van der Waals surface area contributed by atoms with E-state index in [0.717, 1.165) is 11.1 Å². The zero-order valence-corrected chi connectivity index (χ0v) is 14.7. The second-order valence-corrected chi connectivity index (χ2v) is 5.99. The lowest BCUT2D eigenvalue weighted by Crippen LogP contribution is -2.29. The van der Waals surface area contributed by atoms with E-state index in [1.807, 2.05) is 12.1 Å². The minimum atomic E-state index is -0.474. The first-order valence-electron chi connectivity index (χ1n) is 7.88. The first-order valence-corrected chi connectivity index (χ1v) is 8.26. The van der Waals surface area contributed by atoms with Crippen LogP contribution in [0.5, 0.6) is 5.75 Å². The highest BCUT2D eigenvalue weighted by atomic mass is 35.5. The van der Waals surface area contributed by atoms with Crippen LogP contribution in [-0.2, 0) is 0 Å². The molecule has 0 unspecified atom stereocenters. The molecule has 132 valence electrons. The van der Waals surface area contributed by atoms with Crippen LogP contribution in [0, 0.1) is 5.82 Å². The summed E-state index contributed by atoms with van der Waals surface area (Å²) in [7, 11) is 1.58. The minimum absolute atomic E-state index is 0.262. The zero-order chi connectivity index (χ0) is 18.5. The van der Waals surface area contributed by atoms with Gasteiger partial charge in [0, 0.05) is 12.4 Å². The van der Waals surface area contributed by atoms with Crippen molar-refractivity contribution in [3.63, 3.8) is 0 Å². The van der Waals surface area contributed by atoms with Crippen molar-refractivity contribution >= 4 is 17.5 Å². The maximum atomic E-state index is 13.3. The smallest absolute Gasteiger partial charge is 0.253 e. The quantitative estimate of drug-likeness (QED) is 0.724. The van der Waals surface area contributed by atoms with E-state index >= 15 is 0 Å². The van der Waals surface area contributed by atoms with E-state index in [0.29, 0.717) is 11.3 Å². The van der Waals surface area contributed by atoms with Crippen molar-refractivity contribution in [3.8, 4) is 5.75 Å². The number of rotatable bonds is 5. The van der Waals surface area contributed by atoms with Crippen molar-refractivity contribution in [1.29, 1.82) is 0 Å². The molecule has 0 aliphatic heterocycles. The summed E-state index contributed by atoms with van der Waals surface area (Å²) in [5.41, 5.74) is 1.90. The second kappa shape index (κ2) is 7.97. The van der Waals surface area contributed by atoms with E-state index in [4.69, 9.17) is 16.3 Å². The number of ether oxygens (including phenoxy) is 1. The van der Waals surface area contributed by atoms with Crippen molar-refractivity contribution in [3.05, 3.63) is 94.5 Å². The van der Waals surface area contributed by atoms with Crippen LogP contribution in [0.2, 0.25) is 5.02 Å². The van der Waals surface area contributed by atoms with E-state index in [1.54, 1.807) is 37.4 Å². The number of hydrogen-bond acceptors (Lipinski definition) is 3. The predicted octanol–water partition coefficient (Wildman–Crippen LogP) is 4.40. The van der Waals surface area contributed by atoms with E-state index in [-0.39, 0.29) is 16.7 Å². The van der Waals surface area contributed by atoms with Gasteiger partial charge in [0.2, 0.25) is 0 Å². The summed E-state index contributed by atoms with van der Waals surface area (Å²) in [6.45, 7) is 0. The molecule has 1 N–H and O–H groups in total. The lowest BCUT2D eigenvalue weighted by Gasteiger charge is -2.20. The highest BCUT2D eigenvalue weighted by molar-refractivity contribution is 6.33. The molecule has 0 saturated heterocycles. The number of carbonyl (C=O) groups excluding carboxylic acids is 1. The Balaban J connectivity index is 1.95. The Morgan fingerprint density at radius 1 is 1.08 bits per heavy atom. The van der Waals surface area contributed by atoms with Crippen LogP contribution in [0.15, 0.2) is 67.0 Å². The topological polar surface area (TPSA) is 51.2 Å². The Hall–Kier alpha value is -2.92. The molecule has 0 radical (unpaired) electrons. The molecule has 0 bridgehead atoms. The van der Waals surface area contributed by atoms with Crippen molar-refractivity contribution in [1.82, 2.24) is 10.3 Å². The number of methoxy groups -OCH3 is 1. The summed E-state index contributed by atoms with van der Waals surface area (Å²) >= 11 is 6.07. The van der Waals surface area contributed by atoms with Crippen molar-refractivity contribution in [2.45, 2.75) is 6.04 Å². The van der Waals surface area contributed by atoms with Crippen LogP contribution in [0.1, 0.15) is 27.5 Å². The fourth-order valence-electron chi connectivity index (χ4n) is 2.58. The van der Waals surface area contributed by atoms with E-state index in [1.165, 1.54) is 24.5 Å². The summed E-state index contributed by atoms with van der Waals surface area (Å²) in [6.07, 6.45) is 2.91. The first-order chi connectivity index (χ1) is 12.6. The summed E-state index contributed by atoms with van der Waals surface area (Å²) < 4.78 is 18.5. The number of hydrogen-bond donors (Lipinski definition) is 1. The molecule has 0 fully saturated rings.